The van der Waals surface area contributed by atoms with Crippen molar-refractivity contribution in [1.29, 1.82) is 0 Å². The van der Waals surface area contributed by atoms with Crippen molar-refractivity contribution < 1.29 is 13.0 Å². The lowest BCUT2D eigenvalue weighted by atomic mass is 10.0. The minimum Gasteiger partial charge on any atom is -0.282 e. The topological polar surface area (TPSA) is 54.4 Å². The number of benzene rings is 3. The van der Waals surface area contributed by atoms with E-state index in [1.54, 1.807) is 18.2 Å². The molecule has 0 aromatic heterocycles. The van der Waals surface area contributed by atoms with Crippen molar-refractivity contribution in [2.75, 3.05) is 0 Å². The van der Waals surface area contributed by atoms with Gasteiger partial charge in [0.05, 0.1) is 0 Å². The van der Waals surface area contributed by atoms with Crippen LogP contribution in [0, 0.1) is 0 Å². The Morgan fingerprint density at radius 2 is 1.64 bits per heavy atom. The van der Waals surface area contributed by atoms with Gasteiger partial charge in [-0.15, -0.1) is 6.58 Å². The summed E-state index contributed by atoms with van der Waals surface area (Å²) in [6.07, 6.45) is 2.01. The highest BCUT2D eigenvalue weighted by Gasteiger charge is 2.19. The van der Waals surface area contributed by atoms with E-state index in [-0.39, 0.29) is 27.9 Å². The zero-order valence-corrected chi connectivity index (χ0v) is 12.1. The highest BCUT2D eigenvalue weighted by atomic mass is 32.2. The molecule has 0 aliphatic carbocycles. The Kier molecular flexibility index (Phi) is 4.92. The van der Waals surface area contributed by atoms with Crippen LogP contribution in [0.15, 0.2) is 66.1 Å². The molecule has 3 aromatic rings. The minimum atomic E-state index is -4.30. The van der Waals surface area contributed by atoms with Crippen LogP contribution >= 0.6 is 0 Å². The van der Waals surface area contributed by atoms with Crippen LogP contribution in [-0.4, -0.2) is 36.0 Å². The van der Waals surface area contributed by atoms with Gasteiger partial charge in [-0.2, -0.15) is 8.42 Å². The van der Waals surface area contributed by atoms with Gasteiger partial charge in [0.15, 0.2) is 0 Å². The van der Waals surface area contributed by atoms with E-state index in [0.717, 1.165) is 16.2 Å². The number of hydrogen-bond acceptors (Lipinski definition) is 2. The molecule has 0 unspecified atom stereocenters. The summed E-state index contributed by atoms with van der Waals surface area (Å²) in [5.41, 5.74) is 0.551. The van der Waals surface area contributed by atoms with E-state index in [0.29, 0.717) is 17.4 Å². The third kappa shape index (κ3) is 3.03. The summed E-state index contributed by atoms with van der Waals surface area (Å²) in [6.45, 7) is 3.63. The van der Waals surface area contributed by atoms with Crippen molar-refractivity contribution in [3.63, 3.8) is 0 Å². The Hall–Kier alpha value is -1.40. The molecule has 0 fully saturated rings. The second-order valence-electron chi connectivity index (χ2n) is 4.94. The van der Waals surface area contributed by atoms with Gasteiger partial charge in [0.1, 0.15) is 4.90 Å². The molecule has 0 radical (unpaired) electrons. The van der Waals surface area contributed by atoms with Crippen molar-refractivity contribution in [2.45, 2.75) is 11.3 Å². The van der Waals surface area contributed by atoms with E-state index in [2.05, 4.69) is 6.58 Å². The van der Waals surface area contributed by atoms with Crippen LogP contribution in [0.25, 0.3) is 21.5 Å². The van der Waals surface area contributed by atoms with Crippen LogP contribution in [0.1, 0.15) is 5.56 Å². The fourth-order valence-electron chi connectivity index (χ4n) is 2.65. The maximum absolute atomic E-state index is 11.8. The predicted molar refractivity (Wildman–Crippen MR) is 93.7 cm³/mol. The van der Waals surface area contributed by atoms with Crippen LogP contribution in [0.3, 0.4) is 0 Å². The smallest absolute Gasteiger partial charge is 0.282 e. The number of hydrogen-bond donors (Lipinski definition) is 1. The fourth-order valence-corrected chi connectivity index (χ4v) is 3.59. The Bertz CT molecular complexity index is 962. The molecule has 0 heterocycles. The SMILES string of the molecule is C=CCc1ccc2cc3ccccc3cc2c1S(=O)(=O)O.[MgH2]. The van der Waals surface area contributed by atoms with Crippen LogP contribution in [0.2, 0.25) is 0 Å². The fraction of sp³-hybridized carbons (Fsp3) is 0.0588. The van der Waals surface area contributed by atoms with Crippen LogP contribution in [-0.2, 0) is 16.5 Å². The lowest BCUT2D eigenvalue weighted by Gasteiger charge is -2.10. The van der Waals surface area contributed by atoms with E-state index in [1.165, 1.54) is 0 Å². The molecule has 0 saturated heterocycles. The molecule has 0 atom stereocenters. The lowest BCUT2D eigenvalue weighted by Crippen LogP contribution is -2.04. The van der Waals surface area contributed by atoms with Crippen molar-refractivity contribution in [2.24, 2.45) is 0 Å². The second-order valence-corrected chi connectivity index (χ2v) is 6.30. The normalized spacial score (nSPS) is 11.3. The van der Waals surface area contributed by atoms with Gasteiger partial charge < -0.3 is 0 Å². The zero-order chi connectivity index (χ0) is 15.0. The molecule has 0 spiro atoms. The molecule has 1 N–H and O–H groups in total. The summed E-state index contributed by atoms with van der Waals surface area (Å²) in [5, 5.41) is 3.29. The summed E-state index contributed by atoms with van der Waals surface area (Å²) < 4.78 is 33.2. The average Bonchev–Trinajstić information content (AvgIpc) is 2.44. The maximum atomic E-state index is 11.8. The van der Waals surface area contributed by atoms with E-state index in [1.807, 2.05) is 36.4 Å². The Morgan fingerprint density at radius 1 is 1.00 bits per heavy atom. The van der Waals surface area contributed by atoms with Crippen LogP contribution < -0.4 is 0 Å². The summed E-state index contributed by atoms with van der Waals surface area (Å²) in [7, 11) is -4.30. The molecule has 3 nitrogen and oxygen atoms in total. The molecule has 0 amide bonds. The molecule has 110 valence electrons. The van der Waals surface area contributed by atoms with Crippen molar-refractivity contribution >= 4 is 54.7 Å². The number of allylic oxidation sites excluding steroid dienone is 1. The number of fused-ring (bicyclic) bond motifs is 2. The first-order valence-corrected chi connectivity index (χ1v) is 7.97. The number of rotatable bonds is 3. The van der Waals surface area contributed by atoms with E-state index in [9.17, 15) is 13.0 Å². The standard InChI is InChI=1S/C17H14O3S.Mg.2H/c1-2-5-12-8-9-15-10-13-6-3-4-7-14(13)11-16(15)17(12)21(18,19)20;;;/h2-4,6-11H,1,5H2,(H,18,19,20);;;. The molecule has 3 aromatic carbocycles. The van der Waals surface area contributed by atoms with Crippen LogP contribution in [0.4, 0.5) is 0 Å². The zero-order valence-electron chi connectivity index (χ0n) is 11.3. The Balaban J connectivity index is 0.00000176. The molecule has 22 heavy (non-hydrogen) atoms. The van der Waals surface area contributed by atoms with Gasteiger partial charge in [-0.05, 0) is 40.3 Å². The van der Waals surface area contributed by atoms with Gasteiger partial charge in [0.25, 0.3) is 10.1 Å². The lowest BCUT2D eigenvalue weighted by molar-refractivity contribution is 0.483. The highest BCUT2D eigenvalue weighted by molar-refractivity contribution is 7.86. The third-order valence-electron chi connectivity index (χ3n) is 3.54. The van der Waals surface area contributed by atoms with Crippen molar-refractivity contribution in [1.82, 2.24) is 0 Å². The van der Waals surface area contributed by atoms with Gasteiger partial charge >= 0.3 is 23.1 Å². The van der Waals surface area contributed by atoms with E-state index in [4.69, 9.17) is 0 Å². The molecule has 0 aliphatic heterocycles. The molecular weight excluding hydrogens is 309 g/mol. The predicted octanol–water partition coefficient (Wildman–Crippen LogP) is 3.05. The average molecular weight is 325 g/mol. The summed E-state index contributed by atoms with van der Waals surface area (Å²) in [5.74, 6) is 0. The molecule has 0 aliphatic rings. The first-order chi connectivity index (χ1) is 10.0. The molecule has 3 rings (SSSR count). The van der Waals surface area contributed by atoms with E-state index < -0.39 is 10.1 Å². The van der Waals surface area contributed by atoms with Gasteiger partial charge in [0.2, 0.25) is 0 Å². The van der Waals surface area contributed by atoms with Gasteiger partial charge in [-0.3, -0.25) is 4.55 Å². The van der Waals surface area contributed by atoms with Crippen LogP contribution in [0.5, 0.6) is 0 Å². The summed E-state index contributed by atoms with van der Waals surface area (Å²) in [6, 6.07) is 15.1. The summed E-state index contributed by atoms with van der Waals surface area (Å²) >= 11 is 0. The first-order valence-electron chi connectivity index (χ1n) is 6.53. The van der Waals surface area contributed by atoms with Crippen molar-refractivity contribution in [3.05, 3.63) is 66.7 Å². The second kappa shape index (κ2) is 6.38. The molecule has 5 heteroatoms. The van der Waals surface area contributed by atoms with Gasteiger partial charge in [-0.25, -0.2) is 0 Å². The molecular formula is C17H16MgO3S. The third-order valence-corrected chi connectivity index (χ3v) is 4.54. The quantitative estimate of drug-likeness (QED) is 0.349. The van der Waals surface area contributed by atoms with Gasteiger partial charge in [-0.1, -0.05) is 42.5 Å². The Morgan fingerprint density at radius 3 is 2.23 bits per heavy atom. The maximum Gasteiger partial charge on any atom is 0.316 e. The largest absolute Gasteiger partial charge is 0.316 e. The summed E-state index contributed by atoms with van der Waals surface area (Å²) in [4.78, 5) is -0.0225. The monoisotopic (exact) mass is 324 g/mol. The van der Waals surface area contributed by atoms with E-state index >= 15 is 0 Å². The van der Waals surface area contributed by atoms with Crippen molar-refractivity contribution in [3.8, 4) is 0 Å². The molecule has 0 saturated carbocycles. The molecule has 0 bridgehead atoms. The Labute approximate surface area is 145 Å². The minimum absolute atomic E-state index is 0. The van der Waals surface area contributed by atoms with Gasteiger partial charge in [0, 0.05) is 5.39 Å². The highest BCUT2D eigenvalue weighted by Crippen LogP contribution is 2.31. The first kappa shape index (κ1) is 17.0.